The van der Waals surface area contributed by atoms with Crippen molar-refractivity contribution in [3.63, 3.8) is 0 Å². The average Bonchev–Trinajstić information content (AvgIpc) is 2.41. The van der Waals surface area contributed by atoms with Gasteiger partial charge in [0.1, 0.15) is 11.0 Å². The lowest BCUT2D eigenvalue weighted by atomic mass is 10.3. The van der Waals surface area contributed by atoms with E-state index in [1.165, 1.54) is 6.42 Å². The van der Waals surface area contributed by atoms with Crippen LogP contribution in [0, 0.1) is 6.92 Å². The standard InChI is InChI=1S/C15H27ClN4/c1-5-19(6-2)9-8-10-20(7-3)12-15-17-13(4)11-14(16)18-15/h11H,5-10,12H2,1-4H3. The first kappa shape index (κ1) is 17.3. The lowest BCUT2D eigenvalue weighted by Crippen LogP contribution is -2.30. The number of hydrogen-bond donors (Lipinski definition) is 0. The Labute approximate surface area is 128 Å². The van der Waals surface area contributed by atoms with Crippen LogP contribution in [0.1, 0.15) is 38.7 Å². The highest BCUT2D eigenvalue weighted by atomic mass is 35.5. The minimum atomic E-state index is 0.534. The second kappa shape index (κ2) is 9.27. The summed E-state index contributed by atoms with van der Waals surface area (Å²) in [4.78, 5) is 13.6. The second-order valence-electron chi connectivity index (χ2n) is 5.00. The molecule has 1 heterocycles. The molecule has 0 aliphatic rings. The monoisotopic (exact) mass is 298 g/mol. The normalized spacial score (nSPS) is 11.6. The van der Waals surface area contributed by atoms with Crippen molar-refractivity contribution in [1.82, 2.24) is 19.8 Å². The van der Waals surface area contributed by atoms with Crippen LogP contribution in [0.5, 0.6) is 0 Å². The van der Waals surface area contributed by atoms with E-state index in [9.17, 15) is 0 Å². The molecule has 1 aromatic heterocycles. The summed E-state index contributed by atoms with van der Waals surface area (Å²) in [5.74, 6) is 0.819. The van der Waals surface area contributed by atoms with E-state index in [1.807, 2.05) is 6.92 Å². The Morgan fingerprint density at radius 1 is 1.00 bits per heavy atom. The third-order valence-electron chi connectivity index (χ3n) is 3.52. The van der Waals surface area contributed by atoms with Crippen molar-refractivity contribution in [1.29, 1.82) is 0 Å². The lowest BCUT2D eigenvalue weighted by Gasteiger charge is -2.22. The number of aromatic nitrogens is 2. The van der Waals surface area contributed by atoms with Gasteiger partial charge >= 0.3 is 0 Å². The fraction of sp³-hybridized carbons (Fsp3) is 0.733. The van der Waals surface area contributed by atoms with E-state index in [4.69, 9.17) is 11.6 Å². The van der Waals surface area contributed by atoms with Crippen LogP contribution in [-0.4, -0.2) is 52.5 Å². The molecule has 20 heavy (non-hydrogen) atoms. The number of rotatable bonds is 9. The molecule has 0 atom stereocenters. The molecule has 0 unspecified atom stereocenters. The SMILES string of the molecule is CCN(CC)CCCN(CC)Cc1nc(C)cc(Cl)n1. The van der Waals surface area contributed by atoms with Crippen molar-refractivity contribution in [2.24, 2.45) is 0 Å². The molecule has 0 saturated carbocycles. The summed E-state index contributed by atoms with van der Waals surface area (Å²) < 4.78 is 0. The highest BCUT2D eigenvalue weighted by Gasteiger charge is 2.08. The van der Waals surface area contributed by atoms with Crippen LogP contribution < -0.4 is 0 Å². The number of aryl methyl sites for hydroxylation is 1. The molecular formula is C15H27ClN4. The van der Waals surface area contributed by atoms with E-state index in [2.05, 4.69) is 40.5 Å². The molecule has 0 fully saturated rings. The van der Waals surface area contributed by atoms with Gasteiger partial charge in [-0.2, -0.15) is 0 Å². The van der Waals surface area contributed by atoms with E-state index in [1.54, 1.807) is 6.07 Å². The zero-order valence-corrected chi connectivity index (χ0v) is 13.9. The molecule has 4 nitrogen and oxygen atoms in total. The second-order valence-corrected chi connectivity index (χ2v) is 5.38. The Balaban J connectivity index is 2.46. The van der Waals surface area contributed by atoms with E-state index >= 15 is 0 Å². The maximum atomic E-state index is 5.98. The first-order chi connectivity index (χ1) is 9.58. The first-order valence-electron chi connectivity index (χ1n) is 7.53. The van der Waals surface area contributed by atoms with Gasteiger partial charge in [0.25, 0.3) is 0 Å². The highest BCUT2D eigenvalue weighted by molar-refractivity contribution is 6.29. The van der Waals surface area contributed by atoms with Crippen LogP contribution in [0.25, 0.3) is 0 Å². The van der Waals surface area contributed by atoms with Crippen molar-refractivity contribution in [2.45, 2.75) is 40.7 Å². The molecule has 0 aliphatic carbocycles. The van der Waals surface area contributed by atoms with Crippen molar-refractivity contribution >= 4 is 11.6 Å². The van der Waals surface area contributed by atoms with Gasteiger partial charge in [-0.3, -0.25) is 4.90 Å². The minimum absolute atomic E-state index is 0.534. The summed E-state index contributed by atoms with van der Waals surface area (Å²) in [6.07, 6.45) is 1.18. The van der Waals surface area contributed by atoms with Gasteiger partial charge in [-0.05, 0) is 52.1 Å². The molecule has 0 spiro atoms. The Morgan fingerprint density at radius 2 is 1.60 bits per heavy atom. The molecule has 0 aromatic carbocycles. The van der Waals surface area contributed by atoms with Gasteiger partial charge in [0.2, 0.25) is 0 Å². The van der Waals surface area contributed by atoms with Gasteiger partial charge in [0, 0.05) is 5.69 Å². The first-order valence-corrected chi connectivity index (χ1v) is 7.91. The molecule has 1 aromatic rings. The third-order valence-corrected chi connectivity index (χ3v) is 3.72. The summed E-state index contributed by atoms with van der Waals surface area (Å²) in [7, 11) is 0. The fourth-order valence-corrected chi connectivity index (χ4v) is 2.52. The lowest BCUT2D eigenvalue weighted by molar-refractivity contribution is 0.234. The molecule has 1 rings (SSSR count). The molecule has 114 valence electrons. The van der Waals surface area contributed by atoms with Crippen LogP contribution in [0.15, 0.2) is 6.07 Å². The largest absolute Gasteiger partial charge is 0.304 e. The van der Waals surface area contributed by atoms with E-state index in [0.29, 0.717) is 5.15 Å². The van der Waals surface area contributed by atoms with Gasteiger partial charge in [0.15, 0.2) is 0 Å². The zero-order valence-electron chi connectivity index (χ0n) is 13.2. The highest BCUT2D eigenvalue weighted by Crippen LogP contribution is 2.08. The molecule has 5 heteroatoms. The summed E-state index contributed by atoms with van der Waals surface area (Å²) in [6, 6.07) is 1.79. The predicted octanol–water partition coefficient (Wildman–Crippen LogP) is 2.99. The summed E-state index contributed by atoms with van der Waals surface area (Å²) in [6.45, 7) is 14.8. The molecule has 0 aliphatic heterocycles. The van der Waals surface area contributed by atoms with Gasteiger partial charge in [-0.1, -0.05) is 32.4 Å². The van der Waals surface area contributed by atoms with Crippen LogP contribution in [-0.2, 0) is 6.54 Å². The predicted molar refractivity (Wildman–Crippen MR) is 85.1 cm³/mol. The maximum absolute atomic E-state index is 5.98. The maximum Gasteiger partial charge on any atom is 0.144 e. The Bertz CT molecular complexity index is 373. The summed E-state index contributed by atoms with van der Waals surface area (Å²) in [5, 5.41) is 0.534. The van der Waals surface area contributed by atoms with E-state index < -0.39 is 0 Å². The Kier molecular flexibility index (Phi) is 8.04. The summed E-state index contributed by atoms with van der Waals surface area (Å²) in [5.41, 5.74) is 0.930. The van der Waals surface area contributed by atoms with Crippen LogP contribution in [0.3, 0.4) is 0 Å². The van der Waals surface area contributed by atoms with Crippen molar-refractivity contribution in [2.75, 3.05) is 32.7 Å². The number of nitrogens with zero attached hydrogens (tertiary/aromatic N) is 4. The molecule has 0 saturated heterocycles. The third kappa shape index (κ3) is 6.16. The van der Waals surface area contributed by atoms with Crippen LogP contribution in [0.2, 0.25) is 5.15 Å². The minimum Gasteiger partial charge on any atom is -0.304 e. The van der Waals surface area contributed by atoms with Crippen LogP contribution in [0.4, 0.5) is 0 Å². The van der Waals surface area contributed by atoms with Gasteiger partial charge in [-0.15, -0.1) is 0 Å². The molecule has 0 bridgehead atoms. The summed E-state index contributed by atoms with van der Waals surface area (Å²) >= 11 is 5.98. The fourth-order valence-electron chi connectivity index (χ4n) is 2.27. The van der Waals surface area contributed by atoms with Gasteiger partial charge < -0.3 is 4.90 Å². The van der Waals surface area contributed by atoms with Crippen LogP contribution >= 0.6 is 11.6 Å². The molecule has 0 radical (unpaired) electrons. The topological polar surface area (TPSA) is 32.3 Å². The van der Waals surface area contributed by atoms with E-state index in [-0.39, 0.29) is 0 Å². The van der Waals surface area contributed by atoms with Crippen molar-refractivity contribution in [3.05, 3.63) is 22.7 Å². The molecular weight excluding hydrogens is 272 g/mol. The number of halogens is 1. The molecule has 0 amide bonds. The quantitative estimate of drug-likeness (QED) is 0.656. The van der Waals surface area contributed by atoms with Crippen molar-refractivity contribution in [3.8, 4) is 0 Å². The smallest absolute Gasteiger partial charge is 0.144 e. The van der Waals surface area contributed by atoms with E-state index in [0.717, 1.165) is 50.8 Å². The average molecular weight is 299 g/mol. The number of hydrogen-bond acceptors (Lipinski definition) is 4. The van der Waals surface area contributed by atoms with Gasteiger partial charge in [-0.25, -0.2) is 9.97 Å². The molecule has 0 N–H and O–H groups in total. The van der Waals surface area contributed by atoms with Crippen molar-refractivity contribution < 1.29 is 0 Å². The Hall–Kier alpha value is -0.710. The Morgan fingerprint density at radius 3 is 2.15 bits per heavy atom. The van der Waals surface area contributed by atoms with Gasteiger partial charge in [0.05, 0.1) is 6.54 Å². The zero-order chi connectivity index (χ0) is 15.0.